The Kier molecular flexibility index (Phi) is 5.69. The quantitative estimate of drug-likeness (QED) is 0.586. The zero-order chi connectivity index (χ0) is 14.3. The van der Waals surface area contributed by atoms with E-state index in [4.69, 9.17) is 11.5 Å². The van der Waals surface area contributed by atoms with Gasteiger partial charge in [-0.2, -0.15) is 0 Å². The van der Waals surface area contributed by atoms with Gasteiger partial charge in [0.15, 0.2) is 0 Å². The van der Waals surface area contributed by atoms with Gasteiger partial charge < -0.3 is 16.8 Å². The minimum Gasteiger partial charge on any atom is -0.370 e. The van der Waals surface area contributed by atoms with Gasteiger partial charge in [-0.1, -0.05) is 30.3 Å². The van der Waals surface area contributed by atoms with Crippen molar-refractivity contribution >= 4 is 18.1 Å². The maximum Gasteiger partial charge on any atom is 0.238 e. The van der Waals surface area contributed by atoms with Crippen LogP contribution in [-0.2, 0) is 20.8 Å². The first-order chi connectivity index (χ1) is 9.02. The Morgan fingerprint density at radius 2 is 1.89 bits per heavy atom. The summed E-state index contributed by atoms with van der Waals surface area (Å²) in [7, 11) is 0. The molecule has 0 spiro atoms. The van der Waals surface area contributed by atoms with Gasteiger partial charge in [-0.3, -0.25) is 14.4 Å². The Balaban J connectivity index is 2.55. The molecule has 1 aromatic rings. The minimum absolute atomic E-state index is 0.261. The number of amides is 2. The molecule has 6 heteroatoms. The summed E-state index contributed by atoms with van der Waals surface area (Å²) >= 11 is 0. The van der Waals surface area contributed by atoms with Crippen LogP contribution in [0, 0.1) is 0 Å². The van der Waals surface area contributed by atoms with Crippen LogP contribution in [0.2, 0.25) is 0 Å². The summed E-state index contributed by atoms with van der Waals surface area (Å²) in [5.74, 6) is -1.26. The molecule has 0 heterocycles. The molecule has 1 rings (SSSR count). The molecule has 0 bridgehead atoms. The molecular weight excluding hydrogens is 246 g/mol. The molecule has 101 valence electrons. The average Bonchev–Trinajstić information content (AvgIpc) is 2.38. The molecule has 1 aromatic carbocycles. The molecule has 0 saturated carbocycles. The second-order valence-electron chi connectivity index (χ2n) is 4.15. The third-order valence-electron chi connectivity index (χ3n) is 2.50. The summed E-state index contributed by atoms with van der Waals surface area (Å²) in [6.07, 6.45) is 1.79. The molecule has 1 unspecified atom stereocenters. The van der Waals surface area contributed by atoms with Crippen molar-refractivity contribution in [1.82, 2.24) is 5.32 Å². The molecule has 0 aliphatic heterocycles. The number of benzene rings is 1. The fourth-order valence-corrected chi connectivity index (χ4v) is 1.56. The average molecular weight is 262 g/mol. The monoisotopic (exact) mass is 262 g/mol. The van der Waals surface area contributed by atoms with Crippen LogP contribution in [0.25, 0.3) is 0 Å². The van der Waals surface area contributed by atoms with Crippen LogP contribution in [0.4, 0.5) is 0 Å². The third-order valence-corrected chi connectivity index (χ3v) is 2.50. The van der Waals surface area contributed by atoms with Gasteiger partial charge in [0.2, 0.25) is 18.1 Å². The zero-order valence-corrected chi connectivity index (χ0v) is 10.3. The molecule has 0 saturated heterocycles. The van der Waals surface area contributed by atoms with Crippen molar-refractivity contribution in [3.63, 3.8) is 0 Å². The van der Waals surface area contributed by atoms with E-state index in [0.717, 1.165) is 5.56 Å². The summed E-state index contributed by atoms with van der Waals surface area (Å²) in [5.41, 5.74) is 11.3. The molecule has 0 aromatic heterocycles. The fraction of sp³-hybridized carbons (Fsp3) is 0.308. The zero-order valence-electron chi connectivity index (χ0n) is 10.3. The van der Waals surface area contributed by atoms with Gasteiger partial charge in [-0.15, -0.1) is 0 Å². The lowest BCUT2D eigenvalue weighted by Crippen LogP contribution is -2.48. The number of primary amides is 1. The lowest BCUT2D eigenvalue weighted by Gasteiger charge is -2.15. The fourth-order valence-electron chi connectivity index (χ4n) is 1.56. The van der Waals surface area contributed by atoms with Crippen molar-refractivity contribution in [1.29, 1.82) is 0 Å². The van der Waals surface area contributed by atoms with Crippen LogP contribution >= 0.6 is 0 Å². The maximum atomic E-state index is 11.6. The normalized spacial score (nSPS) is 13.3. The van der Waals surface area contributed by atoms with Gasteiger partial charge >= 0.3 is 0 Å². The highest BCUT2D eigenvalue weighted by Gasteiger charge is 2.20. The standard InChI is InChI=1S/C13H16N3O3/c14-11(7-12(15)18)13(19)16-10(8-17)6-9-4-2-1-3-5-9/h1-5,10-11H,6-7,14H2,(H2,15,18)(H,16,19)/t10-,11?/m0/s1. The number of rotatable bonds is 7. The van der Waals surface area contributed by atoms with E-state index in [0.29, 0.717) is 6.42 Å². The molecule has 1 radical (unpaired) electrons. The summed E-state index contributed by atoms with van der Waals surface area (Å²) in [4.78, 5) is 33.1. The van der Waals surface area contributed by atoms with Crippen molar-refractivity contribution in [3.05, 3.63) is 35.9 Å². The van der Waals surface area contributed by atoms with E-state index in [1.165, 1.54) is 0 Å². The highest BCUT2D eigenvalue weighted by atomic mass is 16.2. The number of nitrogens with two attached hydrogens (primary N) is 2. The van der Waals surface area contributed by atoms with E-state index in [1.54, 1.807) is 6.29 Å². The highest BCUT2D eigenvalue weighted by molar-refractivity contribution is 5.89. The van der Waals surface area contributed by atoms with Crippen molar-refractivity contribution < 1.29 is 14.4 Å². The van der Waals surface area contributed by atoms with Crippen LogP contribution in [0.5, 0.6) is 0 Å². The molecule has 2 amide bonds. The number of carbonyl (C=O) groups is 2. The Morgan fingerprint density at radius 3 is 2.42 bits per heavy atom. The molecule has 19 heavy (non-hydrogen) atoms. The van der Waals surface area contributed by atoms with E-state index >= 15 is 0 Å². The van der Waals surface area contributed by atoms with E-state index in [2.05, 4.69) is 5.32 Å². The van der Waals surface area contributed by atoms with Crippen LogP contribution in [0.3, 0.4) is 0 Å². The second kappa shape index (κ2) is 7.27. The number of carbonyl (C=O) groups excluding carboxylic acids is 3. The van der Waals surface area contributed by atoms with E-state index in [1.807, 2.05) is 30.3 Å². The summed E-state index contributed by atoms with van der Waals surface area (Å²) in [5, 5.41) is 2.42. The van der Waals surface area contributed by atoms with Gasteiger partial charge in [0, 0.05) is 6.42 Å². The van der Waals surface area contributed by atoms with Crippen molar-refractivity contribution in [2.75, 3.05) is 0 Å². The first-order valence-corrected chi connectivity index (χ1v) is 5.78. The summed E-state index contributed by atoms with van der Waals surface area (Å²) in [6.45, 7) is 0. The Bertz CT molecular complexity index is 448. The van der Waals surface area contributed by atoms with Crippen LogP contribution in [0.1, 0.15) is 12.0 Å². The third kappa shape index (κ3) is 5.31. The van der Waals surface area contributed by atoms with Gasteiger partial charge in [-0.25, -0.2) is 0 Å². The predicted molar refractivity (Wildman–Crippen MR) is 69.6 cm³/mol. The number of nitrogens with one attached hydrogen (secondary N) is 1. The van der Waals surface area contributed by atoms with Crippen molar-refractivity contribution in [2.45, 2.75) is 24.9 Å². The summed E-state index contributed by atoms with van der Waals surface area (Å²) in [6, 6.07) is 7.33. The van der Waals surface area contributed by atoms with Crippen molar-refractivity contribution in [2.24, 2.45) is 11.5 Å². The van der Waals surface area contributed by atoms with E-state index in [-0.39, 0.29) is 6.42 Å². The largest absolute Gasteiger partial charge is 0.370 e. The van der Waals surface area contributed by atoms with Gasteiger partial charge in [-0.05, 0) is 5.56 Å². The van der Waals surface area contributed by atoms with E-state index < -0.39 is 23.9 Å². The number of hydrogen-bond acceptors (Lipinski definition) is 4. The van der Waals surface area contributed by atoms with Gasteiger partial charge in [0.25, 0.3) is 0 Å². The van der Waals surface area contributed by atoms with Crippen molar-refractivity contribution in [3.8, 4) is 0 Å². The van der Waals surface area contributed by atoms with Gasteiger partial charge in [0.1, 0.15) is 0 Å². The predicted octanol–water partition coefficient (Wildman–Crippen LogP) is -0.974. The first kappa shape index (κ1) is 14.8. The van der Waals surface area contributed by atoms with Crippen LogP contribution in [-0.4, -0.2) is 30.2 Å². The summed E-state index contributed by atoms with van der Waals surface area (Å²) < 4.78 is 0. The first-order valence-electron chi connectivity index (χ1n) is 5.78. The Hall–Kier alpha value is -2.21. The lowest BCUT2D eigenvalue weighted by molar-refractivity contribution is -0.126. The Morgan fingerprint density at radius 1 is 1.26 bits per heavy atom. The van der Waals surface area contributed by atoms with Crippen LogP contribution < -0.4 is 16.8 Å². The van der Waals surface area contributed by atoms with Crippen LogP contribution in [0.15, 0.2) is 30.3 Å². The highest BCUT2D eigenvalue weighted by Crippen LogP contribution is 2.02. The smallest absolute Gasteiger partial charge is 0.238 e. The number of hydrogen-bond donors (Lipinski definition) is 3. The minimum atomic E-state index is -1.05. The SMILES string of the molecule is NC(=O)CC(N)C(=O)N[C@H]([C]=O)Cc1ccccc1. The molecule has 6 nitrogen and oxygen atoms in total. The molecule has 2 atom stereocenters. The second-order valence-corrected chi connectivity index (χ2v) is 4.15. The molecule has 0 aliphatic rings. The Labute approximate surface area is 111 Å². The topological polar surface area (TPSA) is 115 Å². The van der Waals surface area contributed by atoms with E-state index in [9.17, 15) is 14.4 Å². The molecule has 0 aliphatic carbocycles. The molecular formula is C13H16N3O3. The molecule has 5 N–H and O–H groups in total. The lowest BCUT2D eigenvalue weighted by atomic mass is 10.1. The van der Waals surface area contributed by atoms with Gasteiger partial charge in [0.05, 0.1) is 18.5 Å². The maximum absolute atomic E-state index is 11.6. The molecule has 0 fully saturated rings.